The third kappa shape index (κ3) is 7.10. The topological polar surface area (TPSA) is 127 Å². The molecule has 0 bridgehead atoms. The highest BCUT2D eigenvalue weighted by Gasteiger charge is 2.46. The molecule has 224 valence electrons. The first-order valence-corrected chi connectivity index (χ1v) is 13.9. The highest BCUT2D eigenvalue weighted by atomic mass is 16.6. The third-order valence-electron chi connectivity index (χ3n) is 6.95. The quantitative estimate of drug-likeness (QED) is 0.388. The number of alkyl carbamates (subject to hydrolysis) is 1. The van der Waals surface area contributed by atoms with Gasteiger partial charge < -0.3 is 29.5 Å². The second-order valence-corrected chi connectivity index (χ2v) is 12.5. The summed E-state index contributed by atoms with van der Waals surface area (Å²) in [6, 6.07) is 14.8. The fourth-order valence-electron chi connectivity index (χ4n) is 4.94. The van der Waals surface area contributed by atoms with E-state index in [0.29, 0.717) is 22.7 Å². The number of ether oxygens (including phenoxy) is 3. The van der Waals surface area contributed by atoms with Crippen molar-refractivity contribution < 1.29 is 33.7 Å². The monoisotopic (exact) mass is 577 g/mol. The van der Waals surface area contributed by atoms with E-state index in [-0.39, 0.29) is 13.0 Å². The predicted octanol–water partition coefficient (Wildman–Crippen LogP) is 5.28. The third-order valence-corrected chi connectivity index (χ3v) is 6.95. The Balaban J connectivity index is 1.65. The Morgan fingerprint density at radius 3 is 2.31 bits per heavy atom. The molecule has 3 aromatic rings. The van der Waals surface area contributed by atoms with Gasteiger partial charge >= 0.3 is 12.1 Å². The number of pyridine rings is 1. The smallest absolute Gasteiger partial charge is 0.408 e. The zero-order chi connectivity index (χ0) is 30.8. The fourth-order valence-corrected chi connectivity index (χ4v) is 4.94. The number of hydrogen-bond donors (Lipinski definition) is 2. The number of likely N-dealkylation sites (tertiary alicyclic amines) is 1. The lowest BCUT2D eigenvalue weighted by molar-refractivity contribution is -0.150. The molecule has 1 aliphatic rings. The van der Waals surface area contributed by atoms with E-state index < -0.39 is 47.2 Å². The summed E-state index contributed by atoms with van der Waals surface area (Å²) in [5, 5.41) is 13.5. The maximum absolute atomic E-state index is 13.8. The maximum atomic E-state index is 13.8. The van der Waals surface area contributed by atoms with Crippen molar-refractivity contribution in [2.45, 2.75) is 71.8 Å². The van der Waals surface area contributed by atoms with Crippen molar-refractivity contribution in [3.05, 3.63) is 54.6 Å². The lowest BCUT2D eigenvalue weighted by Crippen LogP contribution is -2.57. The molecule has 1 aliphatic heterocycles. The molecule has 4 rings (SSSR count). The molecule has 1 aromatic heterocycles. The highest BCUT2D eigenvalue weighted by Crippen LogP contribution is 2.35. The van der Waals surface area contributed by atoms with Crippen LogP contribution in [-0.4, -0.2) is 70.4 Å². The Bertz CT molecular complexity index is 1460. The van der Waals surface area contributed by atoms with Gasteiger partial charge in [0.1, 0.15) is 35.3 Å². The zero-order valence-corrected chi connectivity index (χ0v) is 25.1. The summed E-state index contributed by atoms with van der Waals surface area (Å²) in [5.41, 5.74) is 0.741. The lowest BCUT2D eigenvalue weighted by Gasteiger charge is -2.35. The molecule has 0 unspecified atom stereocenters. The molecule has 3 atom stereocenters. The van der Waals surface area contributed by atoms with Gasteiger partial charge in [-0.05, 0) is 38.3 Å². The van der Waals surface area contributed by atoms with E-state index in [4.69, 9.17) is 19.2 Å². The van der Waals surface area contributed by atoms with Crippen molar-refractivity contribution in [2.24, 2.45) is 5.41 Å². The SMILES string of the molecule is COc1ccc2c(O[C@@H]3C[C@@H](C(=O)O)N(C(=O)[C@H](NC(=O)OC(C)(C)C)C(C)(C)C)C3)cc(-c3ccccc3)nc2c1. The van der Waals surface area contributed by atoms with Crippen LogP contribution in [0.3, 0.4) is 0 Å². The Hall–Kier alpha value is -4.34. The minimum atomic E-state index is -1.14. The van der Waals surface area contributed by atoms with Gasteiger partial charge in [0.25, 0.3) is 0 Å². The summed E-state index contributed by atoms with van der Waals surface area (Å²) >= 11 is 0. The summed E-state index contributed by atoms with van der Waals surface area (Å²) in [5.74, 6) is -0.500. The van der Waals surface area contributed by atoms with E-state index >= 15 is 0 Å². The zero-order valence-electron chi connectivity index (χ0n) is 25.1. The molecule has 10 nitrogen and oxygen atoms in total. The Morgan fingerprint density at radius 2 is 1.71 bits per heavy atom. The maximum Gasteiger partial charge on any atom is 0.408 e. The molecule has 2 heterocycles. The normalized spacial score (nSPS) is 17.9. The number of amides is 2. The van der Waals surface area contributed by atoms with Crippen molar-refractivity contribution in [3.8, 4) is 22.8 Å². The van der Waals surface area contributed by atoms with Crippen LogP contribution >= 0.6 is 0 Å². The van der Waals surface area contributed by atoms with E-state index in [9.17, 15) is 19.5 Å². The minimum absolute atomic E-state index is 0.0268. The number of carboxylic acid groups (broad SMARTS) is 1. The highest BCUT2D eigenvalue weighted by molar-refractivity contribution is 5.91. The number of carbonyl (C=O) groups excluding carboxylic acids is 2. The molecule has 1 fully saturated rings. The number of nitrogens with zero attached hydrogens (tertiary/aromatic N) is 2. The average Bonchev–Trinajstić information content (AvgIpc) is 3.34. The van der Waals surface area contributed by atoms with Gasteiger partial charge in [-0.15, -0.1) is 0 Å². The van der Waals surface area contributed by atoms with Crippen LogP contribution < -0.4 is 14.8 Å². The second kappa shape index (κ2) is 11.9. The Kier molecular flexibility index (Phi) is 8.65. The van der Waals surface area contributed by atoms with Gasteiger partial charge in [0.15, 0.2) is 0 Å². The number of rotatable bonds is 7. The number of carboxylic acids is 1. The first-order chi connectivity index (χ1) is 19.7. The lowest BCUT2D eigenvalue weighted by atomic mass is 9.85. The summed E-state index contributed by atoms with van der Waals surface area (Å²) in [7, 11) is 1.58. The molecule has 0 saturated carbocycles. The van der Waals surface area contributed by atoms with Crippen LogP contribution in [0.4, 0.5) is 4.79 Å². The van der Waals surface area contributed by atoms with Crippen LogP contribution in [0.1, 0.15) is 48.0 Å². The van der Waals surface area contributed by atoms with Gasteiger partial charge in [0, 0.05) is 29.5 Å². The molecule has 10 heteroatoms. The number of benzene rings is 2. The van der Waals surface area contributed by atoms with Crippen LogP contribution in [0, 0.1) is 5.41 Å². The summed E-state index contributed by atoms with van der Waals surface area (Å²) < 4.78 is 17.2. The molecule has 2 N–H and O–H groups in total. The van der Waals surface area contributed by atoms with E-state index in [0.717, 1.165) is 10.9 Å². The van der Waals surface area contributed by atoms with Gasteiger partial charge in [-0.1, -0.05) is 51.1 Å². The van der Waals surface area contributed by atoms with Crippen molar-refractivity contribution >= 4 is 28.9 Å². The van der Waals surface area contributed by atoms with Crippen molar-refractivity contribution in [1.29, 1.82) is 0 Å². The number of nitrogens with one attached hydrogen (secondary N) is 1. The molecule has 2 aromatic carbocycles. The van der Waals surface area contributed by atoms with Crippen LogP contribution in [0.15, 0.2) is 54.6 Å². The average molecular weight is 578 g/mol. The van der Waals surface area contributed by atoms with Crippen LogP contribution in [0.2, 0.25) is 0 Å². The number of fused-ring (bicyclic) bond motifs is 1. The predicted molar refractivity (Wildman–Crippen MR) is 159 cm³/mol. The number of aromatic nitrogens is 1. The Morgan fingerprint density at radius 1 is 1.02 bits per heavy atom. The number of methoxy groups -OCH3 is 1. The molecule has 42 heavy (non-hydrogen) atoms. The molecule has 2 amide bonds. The van der Waals surface area contributed by atoms with E-state index in [1.807, 2.05) is 48.5 Å². The molecule has 0 aliphatic carbocycles. The van der Waals surface area contributed by atoms with E-state index in [2.05, 4.69) is 5.32 Å². The largest absolute Gasteiger partial charge is 0.497 e. The van der Waals surface area contributed by atoms with Gasteiger partial charge in [0.2, 0.25) is 5.91 Å². The second-order valence-electron chi connectivity index (χ2n) is 12.5. The molecule has 0 radical (unpaired) electrons. The van der Waals surface area contributed by atoms with Crippen LogP contribution in [0.25, 0.3) is 22.2 Å². The van der Waals surface area contributed by atoms with Crippen LogP contribution in [0.5, 0.6) is 11.5 Å². The fraction of sp³-hybridized carbons (Fsp3) is 0.438. The first-order valence-electron chi connectivity index (χ1n) is 13.9. The molecular formula is C32H39N3O7. The summed E-state index contributed by atoms with van der Waals surface area (Å²) in [6.45, 7) is 10.6. The minimum Gasteiger partial charge on any atom is -0.497 e. The first kappa shape index (κ1) is 30.6. The standard InChI is InChI=1S/C32H39N3O7/c1-31(2,3)27(34-30(39)42-32(4,5)6)28(36)35-18-21(16-25(35)29(37)38)41-26-17-23(19-11-9-8-10-12-19)33-24-15-20(40-7)13-14-22(24)26/h8-15,17,21,25,27H,16,18H2,1-7H3,(H,34,39)(H,37,38)/t21-,25+,27+/m1/s1. The molecule has 0 spiro atoms. The molecular weight excluding hydrogens is 538 g/mol. The van der Waals surface area contributed by atoms with Crippen molar-refractivity contribution in [2.75, 3.05) is 13.7 Å². The summed E-state index contributed by atoms with van der Waals surface area (Å²) in [4.78, 5) is 44.9. The molecule has 1 saturated heterocycles. The van der Waals surface area contributed by atoms with Gasteiger partial charge in [0.05, 0.1) is 24.9 Å². The summed E-state index contributed by atoms with van der Waals surface area (Å²) in [6.07, 6.45) is -1.29. The Labute approximate surface area is 246 Å². The van der Waals surface area contributed by atoms with Gasteiger partial charge in [-0.2, -0.15) is 0 Å². The van der Waals surface area contributed by atoms with Gasteiger partial charge in [-0.25, -0.2) is 14.6 Å². The number of hydrogen-bond acceptors (Lipinski definition) is 7. The van der Waals surface area contributed by atoms with Gasteiger partial charge in [-0.3, -0.25) is 4.79 Å². The number of carbonyl (C=O) groups is 3. The van der Waals surface area contributed by atoms with E-state index in [1.54, 1.807) is 54.7 Å². The van der Waals surface area contributed by atoms with E-state index in [1.165, 1.54) is 4.90 Å². The van der Waals surface area contributed by atoms with Crippen LogP contribution in [-0.2, 0) is 14.3 Å². The number of aliphatic carboxylic acids is 1. The van der Waals surface area contributed by atoms with Crippen molar-refractivity contribution in [1.82, 2.24) is 15.2 Å². The van der Waals surface area contributed by atoms with Crippen molar-refractivity contribution in [3.63, 3.8) is 0 Å².